The van der Waals surface area contributed by atoms with Gasteiger partial charge in [-0.3, -0.25) is 0 Å². The van der Waals surface area contributed by atoms with E-state index >= 15 is 0 Å². The van der Waals surface area contributed by atoms with E-state index in [1.165, 1.54) is 5.75 Å². The largest absolute Gasteiger partial charge is 0.426 e. The summed E-state index contributed by atoms with van der Waals surface area (Å²) in [6.07, 6.45) is 0. The van der Waals surface area contributed by atoms with E-state index in [4.69, 9.17) is 0 Å². The standard InChI is InChI=1S/C6H14S2.CH3.Al/c1-6(2,3)5(8)4-7;;/h5,7-8H,4H2,1-3H3;1H3;/q;;+2/p-2. The molecule has 1 unspecified atom stereocenters. The van der Waals surface area contributed by atoms with E-state index in [0.29, 0.717) is 5.41 Å². The average Bonchev–Trinajstić information content (AvgIpc) is 2.11. The van der Waals surface area contributed by atoms with Crippen molar-refractivity contribution in [3.63, 3.8) is 0 Å². The lowest BCUT2D eigenvalue weighted by Gasteiger charge is -2.26. The molecule has 1 aliphatic rings. The molecule has 0 amide bonds. The predicted octanol–water partition coefficient (Wildman–Crippen LogP) is 3.00. The fraction of sp³-hybridized carbons (Fsp3) is 1.00. The molecule has 0 aromatic rings. The Bertz CT molecular complexity index is 119. The molecule has 1 saturated heterocycles. The van der Waals surface area contributed by atoms with Crippen LogP contribution >= 0.6 is 20.3 Å². The minimum Gasteiger partial charge on any atom is -0.240 e. The van der Waals surface area contributed by atoms with Crippen molar-refractivity contribution >= 4 is 32.1 Å². The van der Waals surface area contributed by atoms with E-state index in [0.717, 1.165) is 5.25 Å². The van der Waals surface area contributed by atoms with Crippen molar-refractivity contribution in [3.8, 4) is 0 Å². The van der Waals surface area contributed by atoms with E-state index in [9.17, 15) is 0 Å². The molecule has 0 N–H and O–H groups in total. The summed E-state index contributed by atoms with van der Waals surface area (Å²) < 4.78 is 0. The van der Waals surface area contributed by atoms with Crippen molar-refractivity contribution in [1.82, 2.24) is 0 Å². The second-order valence-electron chi connectivity index (χ2n) is 3.89. The van der Waals surface area contributed by atoms with Gasteiger partial charge in [0.25, 0.3) is 0 Å². The lowest BCUT2D eigenvalue weighted by atomic mass is 9.93. The normalized spacial score (nSPS) is 27.6. The molecule has 0 saturated carbocycles. The van der Waals surface area contributed by atoms with Crippen molar-refractivity contribution in [1.29, 1.82) is 0 Å². The van der Waals surface area contributed by atoms with E-state index in [1.807, 2.05) is 0 Å². The van der Waals surface area contributed by atoms with Gasteiger partial charge in [-0.05, 0) is 16.4 Å². The van der Waals surface area contributed by atoms with Crippen molar-refractivity contribution in [3.05, 3.63) is 0 Å². The van der Waals surface area contributed by atoms with Crippen molar-refractivity contribution < 1.29 is 0 Å². The molecule has 1 aliphatic heterocycles. The Labute approximate surface area is 75.0 Å². The van der Waals surface area contributed by atoms with Crippen molar-refractivity contribution in [2.75, 3.05) is 5.75 Å². The van der Waals surface area contributed by atoms with Crippen LogP contribution in [0.3, 0.4) is 0 Å². The summed E-state index contributed by atoms with van der Waals surface area (Å²) in [6.45, 7) is 7.08. The van der Waals surface area contributed by atoms with Gasteiger partial charge >= 0.3 is 11.9 Å². The molecule has 1 atom stereocenters. The minimum absolute atomic E-state index is 0.374. The molecule has 10 heavy (non-hydrogen) atoms. The zero-order valence-corrected chi connectivity index (χ0v) is 9.97. The molecule has 1 heterocycles. The third-order valence-electron chi connectivity index (χ3n) is 1.80. The van der Waals surface area contributed by atoms with Crippen LogP contribution in [0.15, 0.2) is 0 Å². The van der Waals surface area contributed by atoms with E-state index < -0.39 is 0 Å². The molecule has 0 aliphatic carbocycles. The highest BCUT2D eigenvalue weighted by Crippen LogP contribution is 2.42. The predicted molar refractivity (Wildman–Crippen MR) is 54.9 cm³/mol. The molecule has 0 bridgehead atoms. The summed E-state index contributed by atoms with van der Waals surface area (Å²) in [5.41, 5.74) is 0.537. The molecule has 0 radical (unpaired) electrons. The first-order valence-electron chi connectivity index (χ1n) is 3.77. The quantitative estimate of drug-likeness (QED) is 0.539. The van der Waals surface area contributed by atoms with Crippen LogP contribution in [0.25, 0.3) is 0 Å². The van der Waals surface area contributed by atoms with Gasteiger partial charge in [0.05, 0.1) is 0 Å². The van der Waals surface area contributed by atoms with Gasteiger partial charge in [-0.2, -0.15) is 0 Å². The smallest absolute Gasteiger partial charge is 0.240 e. The summed E-state index contributed by atoms with van der Waals surface area (Å²) in [4.78, 5) is 0. The minimum atomic E-state index is -0.374. The number of hydrogen-bond donors (Lipinski definition) is 0. The highest BCUT2D eigenvalue weighted by molar-refractivity contribution is 8.56. The Morgan fingerprint density at radius 3 is 2.20 bits per heavy atom. The van der Waals surface area contributed by atoms with Gasteiger partial charge in [-0.1, -0.05) is 26.6 Å². The third kappa shape index (κ3) is 2.37. The Morgan fingerprint density at radius 1 is 1.40 bits per heavy atom. The summed E-state index contributed by atoms with van der Waals surface area (Å²) in [5.74, 6) is 3.85. The van der Waals surface area contributed by atoms with Crippen LogP contribution in [0.4, 0.5) is 0 Å². The number of hydrogen-bond acceptors (Lipinski definition) is 2. The maximum atomic E-state index is 2.45. The lowest BCUT2D eigenvalue weighted by Crippen LogP contribution is -2.22. The van der Waals surface area contributed by atoms with Gasteiger partial charge in [0.2, 0.25) is 0 Å². The first-order chi connectivity index (χ1) is 4.50. The fourth-order valence-corrected chi connectivity index (χ4v) is 11.4. The van der Waals surface area contributed by atoms with Crippen LogP contribution in [0, 0.1) is 5.41 Å². The molecule has 58 valence electrons. The number of rotatable bonds is 0. The first-order valence-corrected chi connectivity index (χ1v) is 9.74. The highest BCUT2D eigenvalue weighted by Gasteiger charge is 2.34. The van der Waals surface area contributed by atoms with Crippen LogP contribution in [-0.4, -0.2) is 22.9 Å². The van der Waals surface area contributed by atoms with Crippen LogP contribution in [0.5, 0.6) is 0 Å². The molecule has 0 nitrogen and oxygen atoms in total. The average molecular weight is 190 g/mol. The Kier molecular flexibility index (Phi) is 3.09. The zero-order chi connectivity index (χ0) is 7.78. The van der Waals surface area contributed by atoms with Gasteiger partial charge in [0.15, 0.2) is 0 Å². The zero-order valence-electron chi connectivity index (χ0n) is 7.18. The van der Waals surface area contributed by atoms with Crippen LogP contribution in [-0.2, 0) is 0 Å². The monoisotopic (exact) mass is 190 g/mol. The molecule has 3 heteroatoms. The molecule has 0 aromatic heterocycles. The Balaban J connectivity index is 2.45. The molecule has 1 rings (SSSR count). The Hall–Kier alpha value is 1.23. The SMILES string of the molecule is [CH3][Al]1[S]CC(C(C)(C)C)[S]1. The maximum absolute atomic E-state index is 2.45. The lowest BCUT2D eigenvalue weighted by molar-refractivity contribution is 0.416. The van der Waals surface area contributed by atoms with E-state index in [2.05, 4.69) is 46.8 Å². The fourth-order valence-electron chi connectivity index (χ4n) is 0.987. The molecule has 1 fully saturated rings. The van der Waals surface area contributed by atoms with E-state index in [1.54, 1.807) is 0 Å². The van der Waals surface area contributed by atoms with Gasteiger partial charge in [-0.25, -0.2) is 20.3 Å². The summed E-state index contributed by atoms with van der Waals surface area (Å²) in [6, 6.07) is 0. The molecular weight excluding hydrogens is 175 g/mol. The van der Waals surface area contributed by atoms with Crippen LogP contribution in [0.1, 0.15) is 20.8 Å². The van der Waals surface area contributed by atoms with Gasteiger partial charge < -0.3 is 0 Å². The third-order valence-corrected chi connectivity index (χ3v) is 10.9. The first kappa shape index (κ1) is 9.32. The second kappa shape index (κ2) is 3.31. The van der Waals surface area contributed by atoms with Crippen LogP contribution in [0.2, 0.25) is 5.79 Å². The van der Waals surface area contributed by atoms with Gasteiger partial charge in [0, 0.05) is 0 Å². The van der Waals surface area contributed by atoms with Crippen molar-refractivity contribution in [2.45, 2.75) is 31.8 Å². The van der Waals surface area contributed by atoms with Gasteiger partial charge in [0.1, 0.15) is 0 Å². The van der Waals surface area contributed by atoms with E-state index in [-0.39, 0.29) is 11.9 Å². The molecular formula is C7H15AlS2. The molecule has 0 spiro atoms. The summed E-state index contributed by atoms with van der Waals surface area (Å²) >= 11 is -0.374. The maximum Gasteiger partial charge on any atom is 0.426 e. The van der Waals surface area contributed by atoms with Crippen LogP contribution < -0.4 is 0 Å². The second-order valence-corrected chi connectivity index (χ2v) is 13.5. The summed E-state index contributed by atoms with van der Waals surface area (Å²) in [7, 11) is 4.51. The molecule has 0 aromatic carbocycles. The van der Waals surface area contributed by atoms with Crippen molar-refractivity contribution in [2.24, 2.45) is 5.41 Å². The summed E-state index contributed by atoms with van der Waals surface area (Å²) in [5, 5.41) is 0.930. The topological polar surface area (TPSA) is 0 Å². The Morgan fingerprint density at radius 2 is 2.00 bits per heavy atom. The highest BCUT2D eigenvalue weighted by atomic mass is 32.5. The van der Waals surface area contributed by atoms with Gasteiger partial charge in [-0.15, -0.1) is 0 Å².